The lowest BCUT2D eigenvalue weighted by molar-refractivity contribution is 0.841. The van der Waals surface area contributed by atoms with Gasteiger partial charge in [-0.1, -0.05) is 27.7 Å². The highest BCUT2D eigenvalue weighted by atomic mass is 15.2. The molecule has 4 aromatic heterocycles. The second kappa shape index (κ2) is 6.87. The Morgan fingerprint density at radius 1 is 0.917 bits per heavy atom. The summed E-state index contributed by atoms with van der Waals surface area (Å²) in [5.74, 6) is 1.12. The molecule has 124 valence electrons. The SMILES string of the molecule is CC(C)c1ccnc2[nH]ccc12.CC(C)c1ccnn2cccc12. The molecule has 4 heterocycles. The largest absolute Gasteiger partial charge is 0.346 e. The van der Waals surface area contributed by atoms with E-state index in [-0.39, 0.29) is 0 Å². The number of rotatable bonds is 2. The molecule has 24 heavy (non-hydrogen) atoms. The van der Waals surface area contributed by atoms with E-state index in [0.717, 1.165) is 5.65 Å². The second-order valence-electron chi connectivity index (χ2n) is 6.57. The number of nitrogens with zero attached hydrogens (tertiary/aromatic N) is 3. The first-order valence-corrected chi connectivity index (χ1v) is 8.42. The van der Waals surface area contributed by atoms with Gasteiger partial charge in [0.2, 0.25) is 0 Å². The van der Waals surface area contributed by atoms with E-state index in [1.54, 1.807) is 0 Å². The van der Waals surface area contributed by atoms with Crippen LogP contribution in [0.25, 0.3) is 16.6 Å². The average Bonchev–Trinajstić information content (AvgIpc) is 3.23. The van der Waals surface area contributed by atoms with Crippen molar-refractivity contribution in [3.63, 3.8) is 0 Å². The van der Waals surface area contributed by atoms with E-state index in [0.29, 0.717) is 11.8 Å². The third-order valence-corrected chi connectivity index (χ3v) is 4.21. The number of pyridine rings is 1. The van der Waals surface area contributed by atoms with Gasteiger partial charge in [0, 0.05) is 30.2 Å². The molecule has 0 aliphatic rings. The summed E-state index contributed by atoms with van der Waals surface area (Å²) in [6.07, 6.45) is 7.61. The third kappa shape index (κ3) is 3.18. The molecule has 0 saturated heterocycles. The Labute approximate surface area is 142 Å². The van der Waals surface area contributed by atoms with Crippen LogP contribution < -0.4 is 0 Å². The first kappa shape index (κ1) is 16.2. The van der Waals surface area contributed by atoms with Crippen molar-refractivity contribution >= 4 is 16.6 Å². The minimum atomic E-state index is 0.561. The second-order valence-corrected chi connectivity index (χ2v) is 6.57. The van der Waals surface area contributed by atoms with Crippen molar-refractivity contribution in [3.05, 3.63) is 66.2 Å². The summed E-state index contributed by atoms with van der Waals surface area (Å²) < 4.78 is 1.91. The van der Waals surface area contributed by atoms with E-state index in [1.165, 1.54) is 22.0 Å². The van der Waals surface area contributed by atoms with Gasteiger partial charge in [0.15, 0.2) is 0 Å². The maximum Gasteiger partial charge on any atom is 0.137 e. The molecule has 0 aromatic carbocycles. The Morgan fingerprint density at radius 2 is 1.67 bits per heavy atom. The average molecular weight is 320 g/mol. The monoisotopic (exact) mass is 320 g/mol. The number of aromatic nitrogens is 4. The molecule has 0 amide bonds. The van der Waals surface area contributed by atoms with Crippen LogP contribution in [0.3, 0.4) is 0 Å². The number of hydrogen-bond donors (Lipinski definition) is 1. The lowest BCUT2D eigenvalue weighted by atomic mass is 10.0. The van der Waals surface area contributed by atoms with Gasteiger partial charge in [-0.15, -0.1) is 0 Å². The third-order valence-electron chi connectivity index (χ3n) is 4.21. The van der Waals surface area contributed by atoms with Crippen LogP contribution in [0.2, 0.25) is 0 Å². The highest BCUT2D eigenvalue weighted by Gasteiger charge is 2.05. The molecule has 0 fully saturated rings. The lowest BCUT2D eigenvalue weighted by Gasteiger charge is -2.06. The zero-order valence-corrected chi connectivity index (χ0v) is 14.7. The highest BCUT2D eigenvalue weighted by Crippen LogP contribution is 2.22. The molecule has 0 bridgehead atoms. The van der Waals surface area contributed by atoms with Crippen molar-refractivity contribution in [2.75, 3.05) is 0 Å². The molecular weight excluding hydrogens is 296 g/mol. The van der Waals surface area contributed by atoms with Crippen LogP contribution in [0.4, 0.5) is 0 Å². The van der Waals surface area contributed by atoms with E-state index in [2.05, 4.69) is 67.0 Å². The van der Waals surface area contributed by atoms with Crippen LogP contribution >= 0.6 is 0 Å². The molecule has 0 atom stereocenters. The van der Waals surface area contributed by atoms with Crippen LogP contribution in [0, 0.1) is 0 Å². The zero-order chi connectivity index (χ0) is 17.1. The Morgan fingerprint density at radius 3 is 2.42 bits per heavy atom. The van der Waals surface area contributed by atoms with Crippen molar-refractivity contribution in [3.8, 4) is 0 Å². The Bertz CT molecular complexity index is 853. The summed E-state index contributed by atoms with van der Waals surface area (Å²) in [7, 11) is 0. The Kier molecular flexibility index (Phi) is 4.65. The van der Waals surface area contributed by atoms with E-state index in [1.807, 2.05) is 35.4 Å². The van der Waals surface area contributed by atoms with Crippen LogP contribution in [-0.4, -0.2) is 19.6 Å². The van der Waals surface area contributed by atoms with E-state index >= 15 is 0 Å². The van der Waals surface area contributed by atoms with Crippen molar-refractivity contribution in [2.45, 2.75) is 39.5 Å². The van der Waals surface area contributed by atoms with Gasteiger partial charge in [0.25, 0.3) is 0 Å². The number of hydrogen-bond acceptors (Lipinski definition) is 2. The Hall–Kier alpha value is -2.62. The van der Waals surface area contributed by atoms with E-state index < -0.39 is 0 Å². The van der Waals surface area contributed by atoms with Gasteiger partial charge in [0.1, 0.15) is 5.65 Å². The fourth-order valence-corrected chi connectivity index (χ4v) is 2.95. The van der Waals surface area contributed by atoms with Crippen molar-refractivity contribution in [1.82, 2.24) is 19.6 Å². The zero-order valence-electron chi connectivity index (χ0n) is 14.7. The maximum atomic E-state index is 4.23. The van der Waals surface area contributed by atoms with Gasteiger partial charge >= 0.3 is 0 Å². The molecule has 1 N–H and O–H groups in total. The van der Waals surface area contributed by atoms with Crippen molar-refractivity contribution < 1.29 is 0 Å². The van der Waals surface area contributed by atoms with Crippen LogP contribution in [-0.2, 0) is 0 Å². The van der Waals surface area contributed by atoms with Gasteiger partial charge < -0.3 is 4.98 Å². The Balaban J connectivity index is 0.000000141. The minimum absolute atomic E-state index is 0.561. The summed E-state index contributed by atoms with van der Waals surface area (Å²) in [4.78, 5) is 7.33. The van der Waals surface area contributed by atoms with Crippen molar-refractivity contribution in [2.24, 2.45) is 0 Å². The van der Waals surface area contributed by atoms with E-state index in [4.69, 9.17) is 0 Å². The smallest absolute Gasteiger partial charge is 0.137 e. The number of nitrogens with one attached hydrogen (secondary N) is 1. The lowest BCUT2D eigenvalue weighted by Crippen LogP contribution is -1.95. The predicted molar refractivity (Wildman–Crippen MR) is 99.5 cm³/mol. The van der Waals surface area contributed by atoms with Gasteiger partial charge in [-0.3, -0.25) is 0 Å². The van der Waals surface area contributed by atoms with Gasteiger partial charge in [0.05, 0.1) is 5.52 Å². The predicted octanol–water partition coefficient (Wildman–Crippen LogP) is 5.14. The molecule has 0 unspecified atom stereocenters. The maximum absolute atomic E-state index is 4.23. The molecule has 4 heteroatoms. The molecule has 4 nitrogen and oxygen atoms in total. The highest BCUT2D eigenvalue weighted by molar-refractivity contribution is 5.79. The standard InChI is InChI=1S/2C10H12N2/c1-7(2)8-3-5-11-10-9(8)4-6-12-10;1-8(2)9-5-6-11-12-7-3-4-10(9)12/h3-7H,1-2H3,(H,11,12);3-8H,1-2H3. The molecule has 0 radical (unpaired) electrons. The normalized spacial score (nSPS) is 11.2. The topological polar surface area (TPSA) is 46.0 Å². The number of fused-ring (bicyclic) bond motifs is 2. The molecule has 4 aromatic rings. The van der Waals surface area contributed by atoms with E-state index in [9.17, 15) is 0 Å². The summed E-state index contributed by atoms with van der Waals surface area (Å²) in [5.41, 5.74) is 4.92. The molecule has 0 aliphatic carbocycles. The van der Waals surface area contributed by atoms with Crippen LogP contribution in [0.1, 0.15) is 50.7 Å². The van der Waals surface area contributed by atoms with Crippen molar-refractivity contribution in [1.29, 1.82) is 0 Å². The number of aromatic amines is 1. The number of H-pyrrole nitrogens is 1. The molecule has 0 saturated carbocycles. The summed E-state index contributed by atoms with van der Waals surface area (Å²) in [5, 5.41) is 5.44. The molecular formula is C20H24N4. The first-order valence-electron chi connectivity index (χ1n) is 8.42. The van der Waals surface area contributed by atoms with Gasteiger partial charge in [-0.2, -0.15) is 5.10 Å². The molecule has 4 rings (SSSR count). The fraction of sp³-hybridized carbons (Fsp3) is 0.300. The quantitative estimate of drug-likeness (QED) is 0.555. The van der Waals surface area contributed by atoms with Gasteiger partial charge in [-0.25, -0.2) is 9.50 Å². The van der Waals surface area contributed by atoms with Crippen LogP contribution in [0.15, 0.2) is 55.1 Å². The summed E-state index contributed by atoms with van der Waals surface area (Å²) in [6, 6.07) is 10.4. The first-order chi connectivity index (χ1) is 11.6. The molecule has 0 spiro atoms. The summed E-state index contributed by atoms with van der Waals surface area (Å²) >= 11 is 0. The molecule has 0 aliphatic heterocycles. The fourth-order valence-electron chi connectivity index (χ4n) is 2.95. The minimum Gasteiger partial charge on any atom is -0.346 e. The van der Waals surface area contributed by atoms with Gasteiger partial charge in [-0.05, 0) is 53.3 Å². The van der Waals surface area contributed by atoms with Crippen LogP contribution in [0.5, 0.6) is 0 Å². The summed E-state index contributed by atoms with van der Waals surface area (Å²) in [6.45, 7) is 8.79.